The smallest absolute Gasteiger partial charge is 0.410 e. The van der Waals surface area contributed by atoms with Crippen molar-refractivity contribution >= 4 is 12.1 Å². The van der Waals surface area contributed by atoms with E-state index in [1.165, 1.54) is 0 Å². The lowest BCUT2D eigenvalue weighted by atomic mass is 9.96. The lowest BCUT2D eigenvalue weighted by Gasteiger charge is -2.36. The molecule has 1 aromatic rings. The summed E-state index contributed by atoms with van der Waals surface area (Å²) in [7, 11) is 0. The Balaban J connectivity index is 1.88. The number of guanidine groups is 1. The molecule has 0 aliphatic carbocycles. The largest absolute Gasteiger partial charge is 0.444 e. The topological polar surface area (TPSA) is 96.1 Å². The zero-order chi connectivity index (χ0) is 21.4. The number of amides is 1. The monoisotopic (exact) mass is 408 g/mol. The zero-order valence-corrected chi connectivity index (χ0v) is 18.7. The Kier molecular flexibility index (Phi) is 8.28. The van der Waals surface area contributed by atoms with E-state index in [-0.39, 0.29) is 6.09 Å². The molecule has 0 spiro atoms. The van der Waals surface area contributed by atoms with Gasteiger partial charge in [0, 0.05) is 32.7 Å². The fraction of sp³-hybridized carbons (Fsp3) is 0.800. The molecule has 164 valence electrons. The molecular weight excluding hydrogens is 372 g/mol. The molecule has 0 unspecified atom stereocenters. The van der Waals surface area contributed by atoms with E-state index in [9.17, 15) is 4.79 Å². The van der Waals surface area contributed by atoms with E-state index in [4.69, 9.17) is 9.26 Å². The molecule has 1 amide bonds. The molecule has 9 heteroatoms. The molecule has 1 aliphatic rings. The average Bonchev–Trinajstić information content (AvgIpc) is 3.07. The normalized spacial score (nSPS) is 16.1. The Morgan fingerprint density at radius 1 is 1.34 bits per heavy atom. The summed E-state index contributed by atoms with van der Waals surface area (Å²) in [6.45, 7) is 15.9. The summed E-state index contributed by atoms with van der Waals surface area (Å²) < 4.78 is 10.7. The molecule has 9 nitrogen and oxygen atoms in total. The third-order valence-electron chi connectivity index (χ3n) is 4.69. The van der Waals surface area contributed by atoms with Crippen LogP contribution in [0.3, 0.4) is 0 Å². The molecule has 2 heterocycles. The maximum atomic E-state index is 12.4. The number of carbonyl (C=O) groups is 1. The van der Waals surface area contributed by atoms with Crippen LogP contribution in [0.15, 0.2) is 9.52 Å². The number of aromatic nitrogens is 2. The van der Waals surface area contributed by atoms with Gasteiger partial charge in [0.2, 0.25) is 5.89 Å². The third-order valence-corrected chi connectivity index (χ3v) is 4.69. The molecule has 1 aliphatic heterocycles. The first-order chi connectivity index (χ1) is 13.7. The molecule has 1 N–H and O–H groups in total. The van der Waals surface area contributed by atoms with Gasteiger partial charge >= 0.3 is 6.09 Å². The molecule has 0 bridgehead atoms. The van der Waals surface area contributed by atoms with Gasteiger partial charge in [-0.2, -0.15) is 4.98 Å². The minimum absolute atomic E-state index is 0.229. The molecule has 0 aromatic carbocycles. The van der Waals surface area contributed by atoms with Crippen molar-refractivity contribution in [3.63, 3.8) is 0 Å². The number of aliphatic imine (C=N–C) groups is 1. The second-order valence-electron chi connectivity index (χ2n) is 8.35. The van der Waals surface area contributed by atoms with Gasteiger partial charge in [-0.1, -0.05) is 5.16 Å². The second-order valence-corrected chi connectivity index (χ2v) is 8.35. The Labute approximate surface area is 173 Å². The van der Waals surface area contributed by atoms with E-state index in [2.05, 4.69) is 32.3 Å². The highest BCUT2D eigenvalue weighted by Crippen LogP contribution is 2.20. The molecule has 0 saturated carbocycles. The summed E-state index contributed by atoms with van der Waals surface area (Å²) in [5.74, 6) is 2.46. The minimum atomic E-state index is -0.470. The summed E-state index contributed by atoms with van der Waals surface area (Å²) in [6.07, 6.45) is 1.78. The van der Waals surface area contributed by atoms with Crippen molar-refractivity contribution in [2.24, 2.45) is 10.9 Å². The van der Waals surface area contributed by atoms with E-state index in [0.717, 1.165) is 45.0 Å². The fourth-order valence-electron chi connectivity index (χ4n) is 3.27. The second kappa shape index (κ2) is 10.5. The van der Waals surface area contributed by atoms with Gasteiger partial charge in [0.25, 0.3) is 0 Å². The summed E-state index contributed by atoms with van der Waals surface area (Å²) in [5.41, 5.74) is -0.470. The SMILES string of the molecule is CCNC(=NCc1nc(C)no1)N1CCC(CN(CC)C(=O)OC(C)(C)C)CC1. The summed E-state index contributed by atoms with van der Waals surface area (Å²) >= 11 is 0. The summed E-state index contributed by atoms with van der Waals surface area (Å²) in [6, 6.07) is 0. The Hall–Kier alpha value is -2.32. The number of carbonyl (C=O) groups excluding carboxylic acids is 1. The van der Waals surface area contributed by atoms with Crippen LogP contribution in [0.1, 0.15) is 59.2 Å². The number of aryl methyl sites for hydroxylation is 1. The summed E-state index contributed by atoms with van der Waals surface area (Å²) in [4.78, 5) is 25.3. The van der Waals surface area contributed by atoms with E-state index in [1.807, 2.05) is 32.6 Å². The molecule has 29 heavy (non-hydrogen) atoms. The number of likely N-dealkylation sites (tertiary alicyclic amines) is 1. The van der Waals surface area contributed by atoms with Crippen molar-refractivity contribution in [3.8, 4) is 0 Å². The number of piperidine rings is 1. The lowest BCUT2D eigenvalue weighted by Crippen LogP contribution is -2.47. The van der Waals surface area contributed by atoms with Crippen molar-refractivity contribution in [1.82, 2.24) is 25.3 Å². The number of ether oxygens (including phenoxy) is 1. The highest BCUT2D eigenvalue weighted by Gasteiger charge is 2.27. The van der Waals surface area contributed by atoms with Crippen LogP contribution >= 0.6 is 0 Å². The zero-order valence-electron chi connectivity index (χ0n) is 18.7. The van der Waals surface area contributed by atoms with Crippen LogP contribution in [0.5, 0.6) is 0 Å². The molecular formula is C20H36N6O3. The van der Waals surface area contributed by atoms with Crippen LogP contribution in [0, 0.1) is 12.8 Å². The maximum Gasteiger partial charge on any atom is 0.410 e. The van der Waals surface area contributed by atoms with Crippen molar-refractivity contribution in [3.05, 3.63) is 11.7 Å². The molecule has 1 aromatic heterocycles. The van der Waals surface area contributed by atoms with Crippen LogP contribution in [0.4, 0.5) is 4.79 Å². The van der Waals surface area contributed by atoms with Gasteiger partial charge in [-0.3, -0.25) is 0 Å². The number of nitrogens with zero attached hydrogens (tertiary/aromatic N) is 5. The first-order valence-electron chi connectivity index (χ1n) is 10.5. The van der Waals surface area contributed by atoms with Gasteiger partial charge in [-0.25, -0.2) is 9.79 Å². The van der Waals surface area contributed by atoms with Crippen LogP contribution in [0.2, 0.25) is 0 Å². The van der Waals surface area contributed by atoms with Crippen molar-refractivity contribution in [2.75, 3.05) is 32.7 Å². The molecule has 0 radical (unpaired) electrons. The van der Waals surface area contributed by atoms with E-state index < -0.39 is 5.60 Å². The van der Waals surface area contributed by atoms with Crippen molar-refractivity contribution in [2.45, 2.75) is 66.5 Å². The van der Waals surface area contributed by atoms with Gasteiger partial charge in [0.1, 0.15) is 12.1 Å². The molecule has 1 saturated heterocycles. The van der Waals surface area contributed by atoms with Crippen LogP contribution in [-0.2, 0) is 11.3 Å². The highest BCUT2D eigenvalue weighted by atomic mass is 16.6. The van der Waals surface area contributed by atoms with E-state index >= 15 is 0 Å². The lowest BCUT2D eigenvalue weighted by molar-refractivity contribution is 0.0214. The van der Waals surface area contributed by atoms with E-state index in [0.29, 0.717) is 30.7 Å². The standard InChI is InChI=1S/C20H36N6O3/c1-7-21-18(22-13-17-23-15(3)24-29-17)26-11-9-16(10-12-26)14-25(8-2)19(27)28-20(4,5)6/h16H,7-14H2,1-6H3,(H,21,22). The highest BCUT2D eigenvalue weighted by molar-refractivity contribution is 5.80. The van der Waals surface area contributed by atoms with E-state index in [1.54, 1.807) is 6.92 Å². The molecule has 0 atom stereocenters. The van der Waals surface area contributed by atoms with Crippen LogP contribution < -0.4 is 5.32 Å². The van der Waals surface area contributed by atoms with Crippen LogP contribution in [0.25, 0.3) is 0 Å². The maximum absolute atomic E-state index is 12.4. The van der Waals surface area contributed by atoms with Gasteiger partial charge in [-0.05, 0) is 60.3 Å². The third kappa shape index (κ3) is 7.55. The molecule has 1 fully saturated rings. The van der Waals surface area contributed by atoms with Crippen molar-refractivity contribution < 1.29 is 14.1 Å². The van der Waals surface area contributed by atoms with Gasteiger partial charge < -0.3 is 24.4 Å². The van der Waals surface area contributed by atoms with Gasteiger partial charge in [-0.15, -0.1) is 0 Å². The molecule has 2 rings (SSSR count). The fourth-order valence-corrected chi connectivity index (χ4v) is 3.27. The number of hydrogen-bond acceptors (Lipinski definition) is 6. The minimum Gasteiger partial charge on any atom is -0.444 e. The average molecular weight is 409 g/mol. The Morgan fingerprint density at radius 2 is 2.03 bits per heavy atom. The number of nitrogens with one attached hydrogen (secondary N) is 1. The Bertz CT molecular complexity index is 674. The van der Waals surface area contributed by atoms with Gasteiger partial charge in [0.15, 0.2) is 11.8 Å². The quantitative estimate of drug-likeness (QED) is 0.571. The predicted molar refractivity (Wildman–Crippen MR) is 112 cm³/mol. The Morgan fingerprint density at radius 3 is 2.55 bits per heavy atom. The van der Waals surface area contributed by atoms with Gasteiger partial charge in [0.05, 0.1) is 0 Å². The summed E-state index contributed by atoms with van der Waals surface area (Å²) in [5, 5.41) is 7.14. The first kappa shape index (κ1) is 23.0. The number of rotatable bonds is 6. The van der Waals surface area contributed by atoms with Crippen molar-refractivity contribution in [1.29, 1.82) is 0 Å². The number of hydrogen-bond donors (Lipinski definition) is 1. The first-order valence-corrected chi connectivity index (χ1v) is 10.5. The predicted octanol–water partition coefficient (Wildman–Crippen LogP) is 2.81. The van der Waals surface area contributed by atoms with Crippen LogP contribution in [-0.4, -0.2) is 70.3 Å².